The lowest BCUT2D eigenvalue weighted by Gasteiger charge is -2.37. The van der Waals surface area contributed by atoms with E-state index in [0.717, 1.165) is 5.69 Å². The Balaban J connectivity index is 1.19. The highest BCUT2D eigenvalue weighted by Crippen LogP contribution is 2.22. The maximum absolute atomic E-state index is 14.0. The zero-order chi connectivity index (χ0) is 24.1. The Morgan fingerprint density at radius 3 is 1.76 bits per heavy atom. The summed E-state index contributed by atoms with van der Waals surface area (Å²) in [7, 11) is 0. The number of hydrogen-bond acceptors (Lipinski definition) is 4. The van der Waals surface area contributed by atoms with Crippen molar-refractivity contribution in [1.82, 2.24) is 9.80 Å². The van der Waals surface area contributed by atoms with Gasteiger partial charge in [-0.25, -0.2) is 8.78 Å². The standard InChI is InChI=1S/C26H32F2N4O2/c1-20(18-25(33)31-14-10-29(11-15-31)22-8-6-21(27)7-9-22)19-26(34)32-16-12-30(13-17-32)24-5-3-2-4-23(24)28/h2-9,20H,10-19H2,1H3/t20-/m1/s1. The molecule has 0 saturated carbocycles. The van der Waals surface area contributed by atoms with Gasteiger partial charge in [0.1, 0.15) is 11.6 Å². The van der Waals surface area contributed by atoms with Gasteiger partial charge in [-0.2, -0.15) is 0 Å². The van der Waals surface area contributed by atoms with Gasteiger partial charge in [-0.15, -0.1) is 0 Å². The number of para-hydroxylation sites is 1. The lowest BCUT2D eigenvalue weighted by Crippen LogP contribution is -2.50. The summed E-state index contributed by atoms with van der Waals surface area (Å²) in [5, 5.41) is 0. The lowest BCUT2D eigenvalue weighted by atomic mass is 10.0. The zero-order valence-electron chi connectivity index (χ0n) is 19.6. The first-order valence-electron chi connectivity index (χ1n) is 12.0. The number of benzene rings is 2. The smallest absolute Gasteiger partial charge is 0.222 e. The molecule has 0 aromatic heterocycles. The molecule has 0 unspecified atom stereocenters. The average Bonchev–Trinajstić information content (AvgIpc) is 2.85. The van der Waals surface area contributed by atoms with E-state index in [9.17, 15) is 18.4 Å². The van der Waals surface area contributed by atoms with E-state index >= 15 is 0 Å². The molecule has 34 heavy (non-hydrogen) atoms. The van der Waals surface area contributed by atoms with Crippen LogP contribution in [0.15, 0.2) is 48.5 Å². The van der Waals surface area contributed by atoms with Crippen molar-refractivity contribution >= 4 is 23.2 Å². The van der Waals surface area contributed by atoms with Crippen LogP contribution in [0.25, 0.3) is 0 Å². The first-order chi connectivity index (χ1) is 16.4. The second kappa shape index (κ2) is 10.8. The number of hydrogen-bond donors (Lipinski definition) is 0. The molecule has 8 heteroatoms. The van der Waals surface area contributed by atoms with Crippen molar-refractivity contribution in [2.75, 3.05) is 62.2 Å². The SMILES string of the molecule is C[C@H](CC(=O)N1CCN(c2ccc(F)cc2)CC1)CC(=O)N1CCN(c2ccccc2F)CC1. The van der Waals surface area contributed by atoms with Gasteiger partial charge in [0.2, 0.25) is 11.8 Å². The molecule has 0 aliphatic carbocycles. The lowest BCUT2D eigenvalue weighted by molar-refractivity contribution is -0.134. The number of carbonyl (C=O) groups is 2. The highest BCUT2D eigenvalue weighted by Gasteiger charge is 2.26. The molecule has 2 aromatic carbocycles. The third-order valence-corrected chi connectivity index (χ3v) is 6.70. The Labute approximate surface area is 199 Å². The minimum atomic E-state index is -0.256. The summed E-state index contributed by atoms with van der Waals surface area (Å²) in [5.41, 5.74) is 1.54. The zero-order valence-corrected chi connectivity index (χ0v) is 19.6. The van der Waals surface area contributed by atoms with E-state index < -0.39 is 0 Å². The van der Waals surface area contributed by atoms with Crippen molar-refractivity contribution in [2.45, 2.75) is 19.8 Å². The van der Waals surface area contributed by atoms with E-state index in [1.54, 1.807) is 24.3 Å². The van der Waals surface area contributed by atoms with E-state index in [0.29, 0.717) is 70.9 Å². The molecule has 0 N–H and O–H groups in total. The largest absolute Gasteiger partial charge is 0.368 e. The predicted octanol–water partition coefficient (Wildman–Crippen LogP) is 3.38. The molecule has 6 nitrogen and oxygen atoms in total. The predicted molar refractivity (Wildman–Crippen MR) is 129 cm³/mol. The van der Waals surface area contributed by atoms with Gasteiger partial charge in [-0.1, -0.05) is 19.1 Å². The summed E-state index contributed by atoms with van der Waals surface area (Å²) in [4.78, 5) is 33.3. The van der Waals surface area contributed by atoms with Crippen LogP contribution in [0.3, 0.4) is 0 Å². The van der Waals surface area contributed by atoms with Crippen LogP contribution in [0, 0.1) is 17.6 Å². The van der Waals surface area contributed by atoms with Gasteiger partial charge in [0.15, 0.2) is 0 Å². The van der Waals surface area contributed by atoms with Gasteiger partial charge >= 0.3 is 0 Å². The van der Waals surface area contributed by atoms with Crippen molar-refractivity contribution in [1.29, 1.82) is 0 Å². The number of carbonyl (C=O) groups excluding carboxylic acids is 2. The van der Waals surface area contributed by atoms with Gasteiger partial charge in [-0.3, -0.25) is 9.59 Å². The second-order valence-corrected chi connectivity index (χ2v) is 9.18. The van der Waals surface area contributed by atoms with E-state index in [2.05, 4.69) is 4.90 Å². The maximum Gasteiger partial charge on any atom is 0.222 e. The molecule has 4 rings (SSSR count). The van der Waals surface area contributed by atoms with Gasteiger partial charge in [0.25, 0.3) is 0 Å². The average molecular weight is 471 g/mol. The summed E-state index contributed by atoms with van der Waals surface area (Å²) >= 11 is 0. The van der Waals surface area contributed by atoms with Gasteiger partial charge in [-0.05, 0) is 42.3 Å². The Kier molecular flexibility index (Phi) is 7.65. The number of rotatable bonds is 6. The Morgan fingerprint density at radius 1 is 0.735 bits per heavy atom. The highest BCUT2D eigenvalue weighted by atomic mass is 19.1. The third kappa shape index (κ3) is 5.85. The molecule has 0 bridgehead atoms. The number of anilines is 2. The van der Waals surface area contributed by atoms with Crippen LogP contribution in [0.2, 0.25) is 0 Å². The van der Waals surface area contributed by atoms with Crippen LogP contribution in [-0.2, 0) is 9.59 Å². The van der Waals surface area contributed by atoms with Crippen LogP contribution < -0.4 is 9.80 Å². The molecule has 2 saturated heterocycles. The Morgan fingerprint density at radius 2 is 1.24 bits per heavy atom. The molecule has 1 atom stereocenters. The summed E-state index contributed by atoms with van der Waals surface area (Å²) in [6, 6.07) is 13.1. The van der Waals surface area contributed by atoms with Crippen LogP contribution in [0.1, 0.15) is 19.8 Å². The van der Waals surface area contributed by atoms with E-state index in [1.807, 2.05) is 27.7 Å². The highest BCUT2D eigenvalue weighted by molar-refractivity contribution is 5.80. The maximum atomic E-state index is 14.0. The van der Waals surface area contributed by atoms with Crippen molar-refractivity contribution < 1.29 is 18.4 Å². The van der Waals surface area contributed by atoms with Crippen molar-refractivity contribution in [3.05, 3.63) is 60.2 Å². The van der Waals surface area contributed by atoms with Gasteiger partial charge < -0.3 is 19.6 Å². The summed E-state index contributed by atoms with van der Waals surface area (Å²) in [6.07, 6.45) is 0.679. The fraction of sp³-hybridized carbons (Fsp3) is 0.462. The normalized spacial score (nSPS) is 17.6. The minimum absolute atomic E-state index is 0.0419. The molecular weight excluding hydrogens is 438 g/mol. The monoisotopic (exact) mass is 470 g/mol. The first-order valence-corrected chi connectivity index (χ1v) is 12.0. The van der Waals surface area contributed by atoms with E-state index in [-0.39, 0.29) is 29.4 Å². The Hall–Kier alpha value is -3.16. The molecule has 0 spiro atoms. The number of halogens is 2. The molecule has 0 radical (unpaired) electrons. The molecule has 182 valence electrons. The summed E-state index contributed by atoms with van der Waals surface area (Å²) in [5.74, 6) is -0.418. The van der Waals surface area contributed by atoms with Crippen LogP contribution in [0.5, 0.6) is 0 Å². The molecule has 2 aromatic rings. The molecule has 2 heterocycles. The first kappa shape index (κ1) is 24.0. The van der Waals surface area contributed by atoms with Gasteiger partial charge in [0.05, 0.1) is 5.69 Å². The van der Waals surface area contributed by atoms with Crippen LogP contribution in [0.4, 0.5) is 20.2 Å². The van der Waals surface area contributed by atoms with Crippen molar-refractivity contribution in [3.63, 3.8) is 0 Å². The van der Waals surface area contributed by atoms with E-state index in [1.165, 1.54) is 18.2 Å². The molecular formula is C26H32F2N4O2. The number of nitrogens with zero attached hydrogens (tertiary/aromatic N) is 4. The summed E-state index contributed by atoms with van der Waals surface area (Å²) in [6.45, 7) is 6.90. The minimum Gasteiger partial charge on any atom is -0.368 e. The van der Waals surface area contributed by atoms with Crippen molar-refractivity contribution in [3.8, 4) is 0 Å². The third-order valence-electron chi connectivity index (χ3n) is 6.70. The fourth-order valence-corrected chi connectivity index (χ4v) is 4.70. The van der Waals surface area contributed by atoms with Crippen LogP contribution >= 0.6 is 0 Å². The van der Waals surface area contributed by atoms with Gasteiger partial charge in [0, 0.05) is 70.9 Å². The quantitative estimate of drug-likeness (QED) is 0.650. The van der Waals surface area contributed by atoms with E-state index in [4.69, 9.17) is 0 Å². The molecule has 2 amide bonds. The molecule has 2 aliphatic rings. The van der Waals surface area contributed by atoms with Crippen LogP contribution in [-0.4, -0.2) is 74.0 Å². The number of piperazine rings is 2. The second-order valence-electron chi connectivity index (χ2n) is 9.18. The molecule has 2 fully saturated rings. The van der Waals surface area contributed by atoms with Crippen molar-refractivity contribution in [2.24, 2.45) is 5.92 Å². The summed E-state index contributed by atoms with van der Waals surface area (Å²) < 4.78 is 27.2. The molecule has 2 aliphatic heterocycles. The fourth-order valence-electron chi connectivity index (χ4n) is 4.70. The number of amides is 2. The topological polar surface area (TPSA) is 47.1 Å². The Bertz CT molecular complexity index is 985.